The lowest BCUT2D eigenvalue weighted by Gasteiger charge is -2.17. The number of amides is 1. The molecule has 0 aliphatic heterocycles. The maximum absolute atomic E-state index is 12.3. The number of aryl methyl sites for hydroxylation is 1. The Hall–Kier alpha value is -1.92. The van der Waals surface area contributed by atoms with E-state index in [1.807, 2.05) is 6.92 Å². The third-order valence-electron chi connectivity index (χ3n) is 3.20. The molecule has 2 aromatic rings. The third kappa shape index (κ3) is 5.04. The first-order valence-corrected chi connectivity index (χ1v) is 8.42. The molecule has 0 aliphatic rings. The van der Waals surface area contributed by atoms with Crippen molar-refractivity contribution in [3.63, 3.8) is 0 Å². The Morgan fingerprint density at radius 3 is 2.65 bits per heavy atom. The van der Waals surface area contributed by atoms with Crippen molar-refractivity contribution in [3.05, 3.63) is 50.9 Å². The van der Waals surface area contributed by atoms with Crippen molar-refractivity contribution in [2.75, 3.05) is 0 Å². The summed E-state index contributed by atoms with van der Waals surface area (Å²) in [5.74, 6) is -1.30. The quantitative estimate of drug-likeness (QED) is 0.796. The predicted molar refractivity (Wildman–Crippen MR) is 90.0 cm³/mol. The molecule has 5 nitrogen and oxygen atoms in total. The van der Waals surface area contributed by atoms with Crippen LogP contribution in [0.4, 0.5) is 0 Å². The molecule has 1 aromatic carbocycles. The Balaban J connectivity index is 2.14. The smallest absolute Gasteiger partial charge is 0.305 e. The lowest BCUT2D eigenvalue weighted by Crippen LogP contribution is -2.29. The van der Waals surface area contributed by atoms with Gasteiger partial charge in [-0.3, -0.25) is 9.59 Å². The van der Waals surface area contributed by atoms with Crippen molar-refractivity contribution >= 4 is 34.8 Å². The molecule has 0 fully saturated rings. The average molecular weight is 353 g/mol. The van der Waals surface area contributed by atoms with Crippen molar-refractivity contribution in [2.45, 2.75) is 32.2 Å². The fraction of sp³-hybridized carbons (Fsp3) is 0.312. The van der Waals surface area contributed by atoms with E-state index in [4.69, 9.17) is 16.7 Å². The molecule has 0 saturated carbocycles. The largest absolute Gasteiger partial charge is 0.481 e. The predicted octanol–water partition coefficient (Wildman–Crippen LogP) is 3.69. The van der Waals surface area contributed by atoms with Gasteiger partial charge in [-0.05, 0) is 30.5 Å². The first-order valence-electron chi connectivity index (χ1n) is 7.22. The van der Waals surface area contributed by atoms with Crippen LogP contribution in [0.25, 0.3) is 0 Å². The van der Waals surface area contributed by atoms with Crippen LogP contribution in [-0.4, -0.2) is 22.0 Å². The molecule has 2 N–H and O–H groups in total. The van der Waals surface area contributed by atoms with Crippen LogP contribution in [0.5, 0.6) is 0 Å². The summed E-state index contributed by atoms with van der Waals surface area (Å²) in [5.41, 5.74) is 0.698. The minimum absolute atomic E-state index is 0.200. The van der Waals surface area contributed by atoms with Crippen molar-refractivity contribution < 1.29 is 14.7 Å². The highest BCUT2D eigenvalue weighted by molar-refractivity contribution is 7.13. The lowest BCUT2D eigenvalue weighted by atomic mass is 10.0. The molecule has 1 heterocycles. The second-order valence-electron chi connectivity index (χ2n) is 5.04. The number of nitrogens with one attached hydrogen (secondary N) is 1. The van der Waals surface area contributed by atoms with Crippen molar-refractivity contribution in [3.8, 4) is 0 Å². The summed E-state index contributed by atoms with van der Waals surface area (Å²) < 4.78 is 0. The van der Waals surface area contributed by atoms with E-state index in [1.165, 1.54) is 17.5 Å². The van der Waals surface area contributed by atoms with Crippen LogP contribution in [0.15, 0.2) is 30.5 Å². The Labute approximate surface area is 143 Å². The van der Waals surface area contributed by atoms with Crippen LogP contribution >= 0.6 is 22.9 Å². The number of halogens is 1. The lowest BCUT2D eigenvalue weighted by molar-refractivity contribution is -0.137. The SMILES string of the molecule is CCCc1ncc(C(=O)N[C@@H](CC(=O)O)c2ccc(Cl)cc2)s1. The van der Waals surface area contributed by atoms with Gasteiger partial charge in [0, 0.05) is 5.02 Å². The van der Waals surface area contributed by atoms with Crippen molar-refractivity contribution in [2.24, 2.45) is 0 Å². The Morgan fingerprint density at radius 1 is 1.35 bits per heavy atom. The van der Waals surface area contributed by atoms with Gasteiger partial charge in [-0.2, -0.15) is 0 Å². The van der Waals surface area contributed by atoms with Gasteiger partial charge in [0.1, 0.15) is 4.88 Å². The third-order valence-corrected chi connectivity index (χ3v) is 4.51. The highest BCUT2D eigenvalue weighted by Gasteiger charge is 2.20. The molecule has 1 amide bonds. The first kappa shape index (κ1) is 17.4. The number of aliphatic carboxylic acids is 1. The van der Waals surface area contributed by atoms with E-state index < -0.39 is 12.0 Å². The van der Waals surface area contributed by atoms with Gasteiger partial charge >= 0.3 is 5.97 Å². The van der Waals surface area contributed by atoms with E-state index >= 15 is 0 Å². The Kier molecular flexibility index (Phi) is 6.12. The molecule has 23 heavy (non-hydrogen) atoms. The number of hydrogen-bond donors (Lipinski definition) is 2. The van der Waals surface area contributed by atoms with Gasteiger partial charge in [0.15, 0.2) is 0 Å². The first-order chi connectivity index (χ1) is 11.0. The van der Waals surface area contributed by atoms with Crippen LogP contribution in [-0.2, 0) is 11.2 Å². The van der Waals surface area contributed by atoms with E-state index in [0.29, 0.717) is 15.5 Å². The number of carbonyl (C=O) groups is 2. The summed E-state index contributed by atoms with van der Waals surface area (Å²) >= 11 is 7.18. The summed E-state index contributed by atoms with van der Waals surface area (Å²) in [6.45, 7) is 2.05. The van der Waals surface area contributed by atoms with Crippen LogP contribution in [0.1, 0.15) is 46.0 Å². The topological polar surface area (TPSA) is 79.3 Å². The number of carboxylic acid groups (broad SMARTS) is 1. The summed E-state index contributed by atoms with van der Waals surface area (Å²) in [7, 11) is 0. The second kappa shape index (κ2) is 8.08. The van der Waals surface area contributed by atoms with Crippen molar-refractivity contribution in [1.29, 1.82) is 0 Å². The zero-order valence-electron chi connectivity index (χ0n) is 12.6. The van der Waals surface area contributed by atoms with E-state index in [0.717, 1.165) is 17.8 Å². The molecule has 0 saturated heterocycles. The molecule has 0 spiro atoms. The standard InChI is InChI=1S/C16H17ClN2O3S/c1-2-3-14-18-9-13(23-14)16(22)19-12(8-15(20)21)10-4-6-11(17)7-5-10/h4-7,9,12H,2-3,8H2,1H3,(H,19,22)(H,20,21)/t12-/m0/s1. The van der Waals surface area contributed by atoms with Gasteiger partial charge in [0.25, 0.3) is 5.91 Å². The maximum Gasteiger partial charge on any atom is 0.305 e. The van der Waals surface area contributed by atoms with Gasteiger partial charge in [0.2, 0.25) is 0 Å². The highest BCUT2D eigenvalue weighted by Crippen LogP contribution is 2.21. The molecule has 1 atom stereocenters. The molecular formula is C16H17ClN2O3S. The van der Waals surface area contributed by atoms with Crippen LogP contribution < -0.4 is 5.32 Å². The second-order valence-corrected chi connectivity index (χ2v) is 6.60. The molecule has 122 valence electrons. The monoisotopic (exact) mass is 352 g/mol. The number of nitrogens with zero attached hydrogens (tertiary/aromatic N) is 1. The van der Waals surface area contributed by atoms with Crippen LogP contribution in [0.2, 0.25) is 5.02 Å². The highest BCUT2D eigenvalue weighted by atomic mass is 35.5. The number of aromatic nitrogens is 1. The van der Waals surface area contributed by atoms with Gasteiger partial charge in [-0.15, -0.1) is 11.3 Å². The molecule has 1 aromatic heterocycles. The molecule has 0 bridgehead atoms. The number of benzene rings is 1. The molecule has 7 heteroatoms. The van der Waals surface area contributed by atoms with Gasteiger partial charge in [0.05, 0.1) is 23.7 Å². The number of carbonyl (C=O) groups excluding carboxylic acids is 1. The van der Waals surface area contributed by atoms with Gasteiger partial charge in [-0.25, -0.2) is 4.98 Å². The Bertz CT molecular complexity index is 685. The zero-order valence-corrected chi connectivity index (χ0v) is 14.2. The van der Waals surface area contributed by atoms with E-state index in [1.54, 1.807) is 24.3 Å². The zero-order chi connectivity index (χ0) is 16.8. The van der Waals surface area contributed by atoms with E-state index in [-0.39, 0.29) is 12.3 Å². The molecule has 2 rings (SSSR count). The summed E-state index contributed by atoms with van der Waals surface area (Å²) in [5, 5.41) is 13.3. The normalized spacial score (nSPS) is 11.9. The van der Waals surface area contributed by atoms with Crippen LogP contribution in [0.3, 0.4) is 0 Å². The fourth-order valence-corrected chi connectivity index (χ4v) is 3.14. The van der Waals surface area contributed by atoms with E-state index in [9.17, 15) is 9.59 Å². The minimum atomic E-state index is -0.985. The average Bonchev–Trinajstić information content (AvgIpc) is 2.96. The molecule has 0 aliphatic carbocycles. The number of hydrogen-bond acceptors (Lipinski definition) is 4. The maximum atomic E-state index is 12.3. The summed E-state index contributed by atoms with van der Waals surface area (Å²) in [6, 6.07) is 6.15. The van der Waals surface area contributed by atoms with Crippen LogP contribution in [0, 0.1) is 0 Å². The van der Waals surface area contributed by atoms with E-state index in [2.05, 4.69) is 10.3 Å². The number of carboxylic acids is 1. The molecular weight excluding hydrogens is 336 g/mol. The Morgan fingerprint density at radius 2 is 2.04 bits per heavy atom. The fourth-order valence-electron chi connectivity index (χ4n) is 2.10. The number of thiazole rings is 1. The van der Waals surface area contributed by atoms with Gasteiger partial charge in [-0.1, -0.05) is 30.7 Å². The van der Waals surface area contributed by atoms with Crippen molar-refractivity contribution in [1.82, 2.24) is 10.3 Å². The summed E-state index contributed by atoms with van der Waals surface area (Å²) in [6.07, 6.45) is 3.12. The molecule has 0 radical (unpaired) electrons. The van der Waals surface area contributed by atoms with Gasteiger partial charge < -0.3 is 10.4 Å². The number of rotatable bonds is 7. The minimum Gasteiger partial charge on any atom is -0.481 e. The summed E-state index contributed by atoms with van der Waals surface area (Å²) in [4.78, 5) is 28.1. The molecule has 0 unspecified atom stereocenters.